The average molecular weight is 320 g/mol. The number of hydrogen-bond donors (Lipinski definition) is 1. The molecular weight excluding hydrogens is 296 g/mol. The Kier molecular flexibility index (Phi) is 5.60. The van der Waals surface area contributed by atoms with E-state index in [4.69, 9.17) is 15.2 Å². The molecule has 1 heterocycles. The number of likely N-dealkylation sites (N-methyl/N-ethyl adjacent to an activating group) is 1. The topological polar surface area (TPSA) is 81.9 Å². The van der Waals surface area contributed by atoms with E-state index in [1.54, 1.807) is 24.3 Å². The van der Waals surface area contributed by atoms with E-state index in [0.717, 1.165) is 0 Å². The molecule has 0 amide bonds. The van der Waals surface area contributed by atoms with Crippen LogP contribution in [0.25, 0.3) is 0 Å². The second-order valence-electron chi connectivity index (χ2n) is 6.36. The van der Waals surface area contributed by atoms with Crippen LogP contribution in [0.4, 0.5) is 5.69 Å². The van der Waals surface area contributed by atoms with Gasteiger partial charge >= 0.3 is 11.9 Å². The average Bonchev–Trinajstić information content (AvgIpc) is 2.86. The predicted molar refractivity (Wildman–Crippen MR) is 86.9 cm³/mol. The molecule has 6 nitrogen and oxygen atoms in total. The SMILES string of the molecule is CC(C)COC(=O)C1CC(OC(=O)c2ccc(N)cc2)CN1C. The number of nitrogens with two attached hydrogens (primary N) is 1. The van der Waals surface area contributed by atoms with Crippen molar-refractivity contribution in [3.05, 3.63) is 29.8 Å². The number of likely N-dealkylation sites (tertiary alicyclic amines) is 1. The maximum absolute atomic E-state index is 12.1. The summed E-state index contributed by atoms with van der Waals surface area (Å²) in [5.41, 5.74) is 6.64. The third-order valence-electron chi connectivity index (χ3n) is 3.76. The molecule has 1 aliphatic heterocycles. The van der Waals surface area contributed by atoms with Gasteiger partial charge in [0.15, 0.2) is 0 Å². The summed E-state index contributed by atoms with van der Waals surface area (Å²) >= 11 is 0. The molecule has 0 bridgehead atoms. The molecule has 1 aliphatic rings. The number of anilines is 1. The van der Waals surface area contributed by atoms with Crippen LogP contribution < -0.4 is 5.73 Å². The standard InChI is InChI=1S/C17H24N2O4/c1-11(2)10-22-17(21)15-8-14(9-19(15)3)23-16(20)12-4-6-13(18)7-5-12/h4-7,11,14-15H,8-10,18H2,1-3H3. The first-order valence-electron chi connectivity index (χ1n) is 7.80. The van der Waals surface area contributed by atoms with Crippen molar-refractivity contribution in [1.29, 1.82) is 0 Å². The predicted octanol–water partition coefficient (Wildman–Crippen LogP) is 1.70. The summed E-state index contributed by atoms with van der Waals surface area (Å²) < 4.78 is 10.8. The summed E-state index contributed by atoms with van der Waals surface area (Å²) in [5.74, 6) is -0.364. The number of ether oxygens (including phenoxy) is 2. The van der Waals surface area contributed by atoms with Gasteiger partial charge in [-0.1, -0.05) is 13.8 Å². The van der Waals surface area contributed by atoms with E-state index in [1.807, 2.05) is 25.8 Å². The molecular formula is C17H24N2O4. The molecule has 1 aromatic rings. The van der Waals surface area contributed by atoms with Gasteiger partial charge in [0.25, 0.3) is 0 Å². The molecule has 2 unspecified atom stereocenters. The largest absolute Gasteiger partial charge is 0.464 e. The van der Waals surface area contributed by atoms with Gasteiger partial charge in [-0.25, -0.2) is 4.79 Å². The van der Waals surface area contributed by atoms with Crippen LogP contribution in [0.2, 0.25) is 0 Å². The molecule has 23 heavy (non-hydrogen) atoms. The molecule has 6 heteroatoms. The zero-order valence-corrected chi connectivity index (χ0v) is 13.8. The monoisotopic (exact) mass is 320 g/mol. The molecule has 1 fully saturated rings. The summed E-state index contributed by atoms with van der Waals surface area (Å²) in [6, 6.07) is 6.21. The van der Waals surface area contributed by atoms with Crippen LogP contribution in [0.3, 0.4) is 0 Å². The number of hydrogen-bond acceptors (Lipinski definition) is 6. The fourth-order valence-electron chi connectivity index (χ4n) is 2.50. The van der Waals surface area contributed by atoms with Crippen molar-refractivity contribution < 1.29 is 19.1 Å². The quantitative estimate of drug-likeness (QED) is 0.657. The zero-order chi connectivity index (χ0) is 17.0. The Hall–Kier alpha value is -2.08. The van der Waals surface area contributed by atoms with Crippen molar-refractivity contribution in [1.82, 2.24) is 4.90 Å². The van der Waals surface area contributed by atoms with E-state index in [2.05, 4.69) is 0 Å². The molecule has 2 N–H and O–H groups in total. The Morgan fingerprint density at radius 2 is 1.96 bits per heavy atom. The van der Waals surface area contributed by atoms with Crippen LogP contribution in [-0.2, 0) is 14.3 Å². The summed E-state index contributed by atoms with van der Waals surface area (Å²) in [6.07, 6.45) is 0.135. The zero-order valence-electron chi connectivity index (χ0n) is 13.8. The normalized spacial score (nSPS) is 21.4. The molecule has 2 atom stereocenters. The fourth-order valence-corrected chi connectivity index (χ4v) is 2.50. The lowest BCUT2D eigenvalue weighted by Crippen LogP contribution is -2.34. The number of nitrogen functional groups attached to an aromatic ring is 1. The smallest absolute Gasteiger partial charge is 0.338 e. The van der Waals surface area contributed by atoms with Gasteiger partial charge in [-0.05, 0) is 37.2 Å². The van der Waals surface area contributed by atoms with Gasteiger partial charge in [0.05, 0.1) is 12.2 Å². The van der Waals surface area contributed by atoms with Crippen molar-refractivity contribution in [3.8, 4) is 0 Å². The van der Waals surface area contributed by atoms with Gasteiger partial charge in [-0.2, -0.15) is 0 Å². The van der Waals surface area contributed by atoms with Gasteiger partial charge in [-0.3, -0.25) is 9.69 Å². The highest BCUT2D eigenvalue weighted by atomic mass is 16.5. The number of rotatable bonds is 5. The molecule has 0 aliphatic carbocycles. The third kappa shape index (κ3) is 4.69. The van der Waals surface area contributed by atoms with E-state index in [-0.39, 0.29) is 18.1 Å². The highest BCUT2D eigenvalue weighted by Gasteiger charge is 2.37. The molecule has 126 valence electrons. The maximum atomic E-state index is 12.1. The molecule has 1 aromatic carbocycles. The Bertz CT molecular complexity index is 556. The van der Waals surface area contributed by atoms with Gasteiger partial charge in [0, 0.05) is 18.7 Å². The number of carbonyl (C=O) groups excluding carboxylic acids is 2. The van der Waals surface area contributed by atoms with E-state index < -0.39 is 5.97 Å². The Morgan fingerprint density at radius 1 is 1.30 bits per heavy atom. The van der Waals surface area contributed by atoms with Crippen LogP contribution in [0.1, 0.15) is 30.6 Å². The van der Waals surface area contributed by atoms with Crippen molar-refractivity contribution in [3.63, 3.8) is 0 Å². The minimum Gasteiger partial charge on any atom is -0.464 e. The number of nitrogens with zero attached hydrogens (tertiary/aromatic N) is 1. The summed E-state index contributed by atoms with van der Waals surface area (Å²) in [6.45, 7) is 4.90. The third-order valence-corrected chi connectivity index (χ3v) is 3.76. The van der Waals surface area contributed by atoms with Gasteiger partial charge in [0.2, 0.25) is 0 Å². The van der Waals surface area contributed by atoms with Crippen LogP contribution >= 0.6 is 0 Å². The van der Waals surface area contributed by atoms with Crippen molar-refractivity contribution in [2.45, 2.75) is 32.4 Å². The molecule has 0 radical (unpaired) electrons. The van der Waals surface area contributed by atoms with Crippen LogP contribution in [0, 0.1) is 5.92 Å². The lowest BCUT2D eigenvalue weighted by Gasteiger charge is -2.17. The first-order chi connectivity index (χ1) is 10.9. The first-order valence-corrected chi connectivity index (χ1v) is 7.80. The summed E-state index contributed by atoms with van der Waals surface area (Å²) in [7, 11) is 1.83. The van der Waals surface area contributed by atoms with Gasteiger partial charge < -0.3 is 15.2 Å². The molecule has 1 saturated heterocycles. The second-order valence-corrected chi connectivity index (χ2v) is 6.36. The highest BCUT2D eigenvalue weighted by molar-refractivity contribution is 5.90. The fraction of sp³-hybridized carbons (Fsp3) is 0.529. The number of carbonyl (C=O) groups is 2. The molecule has 0 aromatic heterocycles. The van der Waals surface area contributed by atoms with Gasteiger partial charge in [0.1, 0.15) is 12.1 Å². The first kappa shape index (κ1) is 17.3. The second kappa shape index (κ2) is 7.46. The van der Waals surface area contributed by atoms with Crippen molar-refractivity contribution in [2.24, 2.45) is 5.92 Å². The van der Waals surface area contributed by atoms with Crippen LogP contribution in [-0.4, -0.2) is 49.2 Å². The van der Waals surface area contributed by atoms with Crippen molar-refractivity contribution in [2.75, 3.05) is 25.9 Å². The summed E-state index contributed by atoms with van der Waals surface area (Å²) in [4.78, 5) is 26.1. The number of esters is 2. The Balaban J connectivity index is 1.89. The van der Waals surface area contributed by atoms with Crippen LogP contribution in [0.5, 0.6) is 0 Å². The molecule has 0 spiro atoms. The maximum Gasteiger partial charge on any atom is 0.338 e. The van der Waals surface area contributed by atoms with E-state index >= 15 is 0 Å². The van der Waals surface area contributed by atoms with E-state index in [0.29, 0.717) is 36.7 Å². The minimum atomic E-state index is -0.403. The van der Waals surface area contributed by atoms with E-state index in [9.17, 15) is 9.59 Å². The summed E-state index contributed by atoms with van der Waals surface area (Å²) in [5, 5.41) is 0. The molecule has 2 rings (SSSR count). The minimum absolute atomic E-state index is 0.257. The Labute approximate surface area is 136 Å². The van der Waals surface area contributed by atoms with Crippen molar-refractivity contribution >= 4 is 17.6 Å². The highest BCUT2D eigenvalue weighted by Crippen LogP contribution is 2.21. The van der Waals surface area contributed by atoms with Crippen LogP contribution in [0.15, 0.2) is 24.3 Å². The lowest BCUT2D eigenvalue weighted by atomic mass is 10.2. The lowest BCUT2D eigenvalue weighted by molar-refractivity contribution is -0.149. The Morgan fingerprint density at radius 3 is 2.57 bits per heavy atom. The van der Waals surface area contributed by atoms with E-state index in [1.165, 1.54) is 0 Å². The molecule has 0 saturated carbocycles. The number of benzene rings is 1. The van der Waals surface area contributed by atoms with Gasteiger partial charge in [-0.15, -0.1) is 0 Å².